The van der Waals surface area contributed by atoms with E-state index in [1.54, 1.807) is 6.33 Å². The van der Waals surface area contributed by atoms with Crippen molar-refractivity contribution < 1.29 is 0 Å². The minimum Gasteiger partial charge on any atom is -0.313 e. The fourth-order valence-corrected chi connectivity index (χ4v) is 1.69. The maximum absolute atomic E-state index is 4.29. The Morgan fingerprint density at radius 3 is 2.56 bits per heavy atom. The van der Waals surface area contributed by atoms with Crippen molar-refractivity contribution >= 4 is 0 Å². The molecule has 1 heterocycles. The molecule has 0 bridgehead atoms. The van der Waals surface area contributed by atoms with Crippen molar-refractivity contribution in [3.63, 3.8) is 0 Å². The molecule has 0 saturated carbocycles. The summed E-state index contributed by atoms with van der Waals surface area (Å²) < 4.78 is 1.85. The quantitative estimate of drug-likeness (QED) is 0.829. The lowest BCUT2D eigenvalue weighted by atomic mass is 9.84. The van der Waals surface area contributed by atoms with Crippen molar-refractivity contribution in [1.82, 2.24) is 20.1 Å². The normalized spacial score (nSPS) is 14.1. The molecule has 0 spiro atoms. The molecule has 1 aromatic heterocycles. The number of hydrogen-bond acceptors (Lipinski definition) is 3. The van der Waals surface area contributed by atoms with Gasteiger partial charge in [-0.1, -0.05) is 27.7 Å². The molecule has 0 aliphatic carbocycles. The molecule has 0 saturated heterocycles. The Morgan fingerprint density at radius 1 is 1.44 bits per heavy atom. The van der Waals surface area contributed by atoms with E-state index in [1.165, 1.54) is 0 Å². The Morgan fingerprint density at radius 2 is 2.12 bits per heavy atom. The minimum atomic E-state index is 0.237. The molecule has 4 heteroatoms. The predicted molar refractivity (Wildman–Crippen MR) is 66.2 cm³/mol. The molecule has 0 aromatic carbocycles. The molecule has 1 aromatic rings. The summed E-state index contributed by atoms with van der Waals surface area (Å²) in [5.41, 5.74) is 0.237. The number of hydrogen-bond donors (Lipinski definition) is 1. The molecule has 1 atom stereocenters. The first-order valence-corrected chi connectivity index (χ1v) is 6.01. The van der Waals surface area contributed by atoms with Crippen molar-refractivity contribution in [2.45, 2.75) is 46.6 Å². The zero-order chi connectivity index (χ0) is 12.2. The molecule has 0 fully saturated rings. The Balaban J connectivity index is 2.67. The number of nitrogens with one attached hydrogen (secondary N) is 1. The average Bonchev–Trinajstić information content (AvgIpc) is 2.57. The van der Waals surface area contributed by atoms with Crippen molar-refractivity contribution in [3.8, 4) is 0 Å². The van der Waals surface area contributed by atoms with Gasteiger partial charge in [-0.2, -0.15) is 5.10 Å². The fraction of sp³-hybridized carbons (Fsp3) is 0.833. The number of aromatic nitrogens is 3. The van der Waals surface area contributed by atoms with Crippen LogP contribution < -0.4 is 5.32 Å². The van der Waals surface area contributed by atoms with E-state index in [0.29, 0.717) is 6.04 Å². The van der Waals surface area contributed by atoms with Gasteiger partial charge in [-0.25, -0.2) is 4.98 Å². The summed E-state index contributed by atoms with van der Waals surface area (Å²) in [6.45, 7) is 10.0. The van der Waals surface area contributed by atoms with E-state index in [-0.39, 0.29) is 5.41 Å². The molecular formula is C12H24N4. The van der Waals surface area contributed by atoms with Crippen LogP contribution in [0.4, 0.5) is 0 Å². The largest absolute Gasteiger partial charge is 0.313 e. The van der Waals surface area contributed by atoms with Crippen molar-refractivity contribution in [3.05, 3.63) is 12.2 Å². The molecule has 0 aliphatic rings. The second-order valence-corrected chi connectivity index (χ2v) is 5.38. The maximum atomic E-state index is 4.29. The molecule has 0 aliphatic heterocycles. The van der Waals surface area contributed by atoms with E-state index in [0.717, 1.165) is 25.2 Å². The highest BCUT2D eigenvalue weighted by molar-refractivity contribution is 4.93. The molecule has 1 unspecified atom stereocenters. The predicted octanol–water partition coefficient (Wildman–Crippen LogP) is 1.77. The lowest BCUT2D eigenvalue weighted by Gasteiger charge is -2.31. The first-order chi connectivity index (χ1) is 7.45. The van der Waals surface area contributed by atoms with Gasteiger partial charge in [0.1, 0.15) is 12.2 Å². The minimum absolute atomic E-state index is 0.237. The molecule has 1 N–H and O–H groups in total. The van der Waals surface area contributed by atoms with Gasteiger partial charge in [0.05, 0.1) is 0 Å². The van der Waals surface area contributed by atoms with Crippen LogP contribution in [0.25, 0.3) is 0 Å². The van der Waals surface area contributed by atoms with E-state index >= 15 is 0 Å². The lowest BCUT2D eigenvalue weighted by Crippen LogP contribution is -2.42. The summed E-state index contributed by atoms with van der Waals surface area (Å²) >= 11 is 0. The molecule has 16 heavy (non-hydrogen) atoms. The third kappa shape index (κ3) is 3.59. The summed E-state index contributed by atoms with van der Waals surface area (Å²) in [7, 11) is 1.95. The SMILES string of the molecule is CCCNC(Cc1ncnn1C)C(C)(C)C. The molecule has 1 rings (SSSR count). The van der Waals surface area contributed by atoms with Gasteiger partial charge in [-0.15, -0.1) is 0 Å². The first-order valence-electron chi connectivity index (χ1n) is 6.01. The standard InChI is InChI=1S/C12H24N4/c1-6-7-13-10(12(2,3)4)8-11-14-9-15-16(11)5/h9-10,13H,6-8H2,1-5H3. The third-order valence-corrected chi connectivity index (χ3v) is 2.88. The molecule has 4 nitrogen and oxygen atoms in total. The zero-order valence-corrected chi connectivity index (χ0v) is 11.1. The van der Waals surface area contributed by atoms with E-state index < -0.39 is 0 Å². The average molecular weight is 224 g/mol. The van der Waals surface area contributed by atoms with Crippen LogP contribution in [0.15, 0.2) is 6.33 Å². The van der Waals surface area contributed by atoms with E-state index in [9.17, 15) is 0 Å². The first kappa shape index (κ1) is 13.2. The van der Waals surface area contributed by atoms with Crippen molar-refractivity contribution in [2.75, 3.05) is 6.54 Å². The number of rotatable bonds is 5. The van der Waals surface area contributed by atoms with Crippen LogP contribution >= 0.6 is 0 Å². The smallest absolute Gasteiger partial charge is 0.138 e. The molecule has 0 radical (unpaired) electrons. The summed E-state index contributed by atoms with van der Waals surface area (Å²) in [5.74, 6) is 1.04. The van der Waals surface area contributed by atoms with Crippen LogP contribution in [0, 0.1) is 5.41 Å². The molecular weight excluding hydrogens is 200 g/mol. The Kier molecular flexibility index (Phi) is 4.47. The Labute approximate surface area is 98.5 Å². The third-order valence-electron chi connectivity index (χ3n) is 2.88. The van der Waals surface area contributed by atoms with Gasteiger partial charge >= 0.3 is 0 Å². The second kappa shape index (κ2) is 5.43. The highest BCUT2D eigenvalue weighted by atomic mass is 15.3. The van der Waals surface area contributed by atoms with Gasteiger partial charge in [0.25, 0.3) is 0 Å². The van der Waals surface area contributed by atoms with E-state index in [4.69, 9.17) is 0 Å². The van der Waals surface area contributed by atoms with Gasteiger partial charge in [-0.05, 0) is 18.4 Å². The van der Waals surface area contributed by atoms with Crippen LogP contribution in [-0.2, 0) is 13.5 Å². The molecule has 0 amide bonds. The van der Waals surface area contributed by atoms with Gasteiger partial charge in [-0.3, -0.25) is 4.68 Å². The van der Waals surface area contributed by atoms with Crippen LogP contribution in [0.1, 0.15) is 39.9 Å². The van der Waals surface area contributed by atoms with Crippen molar-refractivity contribution in [1.29, 1.82) is 0 Å². The Hall–Kier alpha value is -0.900. The van der Waals surface area contributed by atoms with E-state index in [1.807, 2.05) is 11.7 Å². The summed E-state index contributed by atoms with van der Waals surface area (Å²) in [5, 5.41) is 7.70. The monoisotopic (exact) mass is 224 g/mol. The molecule has 92 valence electrons. The zero-order valence-electron chi connectivity index (χ0n) is 11.1. The van der Waals surface area contributed by atoms with Crippen molar-refractivity contribution in [2.24, 2.45) is 12.5 Å². The van der Waals surface area contributed by atoms with E-state index in [2.05, 4.69) is 43.1 Å². The maximum Gasteiger partial charge on any atom is 0.138 e. The second-order valence-electron chi connectivity index (χ2n) is 5.38. The topological polar surface area (TPSA) is 42.7 Å². The number of aryl methyl sites for hydroxylation is 1. The summed E-state index contributed by atoms with van der Waals surface area (Å²) in [6.07, 6.45) is 3.71. The summed E-state index contributed by atoms with van der Waals surface area (Å²) in [4.78, 5) is 4.29. The van der Waals surface area contributed by atoms with Crippen LogP contribution in [0.2, 0.25) is 0 Å². The van der Waals surface area contributed by atoms with Gasteiger partial charge in [0.2, 0.25) is 0 Å². The number of nitrogens with zero attached hydrogens (tertiary/aromatic N) is 3. The van der Waals surface area contributed by atoms with Gasteiger partial charge < -0.3 is 5.32 Å². The van der Waals surface area contributed by atoms with Gasteiger partial charge in [0.15, 0.2) is 0 Å². The van der Waals surface area contributed by atoms with Gasteiger partial charge in [0, 0.05) is 19.5 Å². The highest BCUT2D eigenvalue weighted by Gasteiger charge is 2.25. The Bertz CT molecular complexity index is 311. The lowest BCUT2D eigenvalue weighted by molar-refractivity contribution is 0.262. The van der Waals surface area contributed by atoms with Crippen LogP contribution in [-0.4, -0.2) is 27.4 Å². The van der Waals surface area contributed by atoms with Crippen LogP contribution in [0.5, 0.6) is 0 Å². The fourth-order valence-electron chi connectivity index (χ4n) is 1.69. The highest BCUT2D eigenvalue weighted by Crippen LogP contribution is 2.21. The van der Waals surface area contributed by atoms with Crippen LogP contribution in [0.3, 0.4) is 0 Å². The summed E-state index contributed by atoms with van der Waals surface area (Å²) in [6, 6.07) is 0.440.